The van der Waals surface area contributed by atoms with Crippen LogP contribution in [0.4, 0.5) is 5.69 Å². The fraction of sp³-hybridized carbons (Fsp3) is 0.455. The molecule has 0 fully saturated rings. The Balaban J connectivity index is 2.31. The molecule has 0 spiro atoms. The summed E-state index contributed by atoms with van der Waals surface area (Å²) in [6.07, 6.45) is 0.989. The summed E-state index contributed by atoms with van der Waals surface area (Å²) in [4.78, 5) is 0. The lowest BCUT2D eigenvalue weighted by molar-refractivity contribution is 0.339. The van der Waals surface area contributed by atoms with E-state index in [0.29, 0.717) is 6.61 Å². The van der Waals surface area contributed by atoms with Gasteiger partial charge in [0.15, 0.2) is 0 Å². The smallest absolute Gasteiger partial charge is 0.119 e. The first-order valence-corrected chi connectivity index (χ1v) is 5.07. The highest BCUT2D eigenvalue weighted by Crippen LogP contribution is 2.31. The molecule has 0 saturated heterocycles. The minimum Gasteiger partial charge on any atom is -0.494 e. The zero-order valence-corrected chi connectivity index (χ0v) is 8.42. The summed E-state index contributed by atoms with van der Waals surface area (Å²) in [6, 6.07) is 6.20. The fourth-order valence-electron chi connectivity index (χ4n) is 1.78. The zero-order valence-electron chi connectivity index (χ0n) is 8.42. The van der Waals surface area contributed by atoms with Gasteiger partial charge in [0.05, 0.1) is 6.61 Å². The van der Waals surface area contributed by atoms with Crippen LogP contribution in [-0.2, 0) is 0 Å². The Morgan fingerprint density at radius 2 is 2.43 bits per heavy atom. The summed E-state index contributed by atoms with van der Waals surface area (Å²) >= 11 is 0. The molecule has 14 heavy (non-hydrogen) atoms. The van der Waals surface area contributed by atoms with Gasteiger partial charge in [0, 0.05) is 18.3 Å². The summed E-state index contributed by atoms with van der Waals surface area (Å²) in [6.45, 7) is 3.64. The van der Waals surface area contributed by atoms with Gasteiger partial charge < -0.3 is 15.8 Å². The van der Waals surface area contributed by atoms with E-state index < -0.39 is 0 Å². The molecule has 1 heterocycles. The highest BCUT2D eigenvalue weighted by Gasteiger charge is 2.16. The van der Waals surface area contributed by atoms with Crippen LogP contribution in [0.2, 0.25) is 0 Å². The van der Waals surface area contributed by atoms with Crippen LogP contribution in [0, 0.1) is 0 Å². The van der Waals surface area contributed by atoms with Gasteiger partial charge in [-0.3, -0.25) is 0 Å². The first kappa shape index (κ1) is 9.34. The number of hydrogen-bond donors (Lipinski definition) is 2. The van der Waals surface area contributed by atoms with Crippen molar-refractivity contribution in [3.8, 4) is 5.75 Å². The number of benzene rings is 1. The van der Waals surface area contributed by atoms with Gasteiger partial charge in [-0.2, -0.15) is 0 Å². The molecule has 0 bridgehead atoms. The van der Waals surface area contributed by atoms with Gasteiger partial charge in [-0.25, -0.2) is 0 Å². The second-order valence-corrected chi connectivity index (χ2v) is 3.50. The van der Waals surface area contributed by atoms with Crippen molar-refractivity contribution in [1.82, 2.24) is 0 Å². The molecule has 0 aliphatic carbocycles. The average molecular weight is 192 g/mol. The Hall–Kier alpha value is -1.22. The van der Waals surface area contributed by atoms with Crippen LogP contribution in [0.3, 0.4) is 0 Å². The molecular formula is C11H16N2O. The summed E-state index contributed by atoms with van der Waals surface area (Å²) in [5.41, 5.74) is 8.33. The lowest BCUT2D eigenvalue weighted by atomic mass is 9.98. The van der Waals surface area contributed by atoms with E-state index in [1.165, 1.54) is 5.56 Å². The van der Waals surface area contributed by atoms with Crippen molar-refractivity contribution in [2.75, 3.05) is 18.5 Å². The van der Waals surface area contributed by atoms with Gasteiger partial charge in [0.2, 0.25) is 0 Å². The van der Waals surface area contributed by atoms with E-state index in [2.05, 4.69) is 5.32 Å². The van der Waals surface area contributed by atoms with Crippen LogP contribution in [0.1, 0.15) is 24.9 Å². The van der Waals surface area contributed by atoms with Gasteiger partial charge in [-0.1, -0.05) is 0 Å². The molecule has 1 aromatic rings. The molecule has 1 atom stereocenters. The third-order valence-electron chi connectivity index (χ3n) is 2.50. The van der Waals surface area contributed by atoms with E-state index in [9.17, 15) is 0 Å². The Kier molecular flexibility index (Phi) is 2.59. The van der Waals surface area contributed by atoms with Crippen molar-refractivity contribution >= 4 is 5.69 Å². The van der Waals surface area contributed by atoms with Crippen molar-refractivity contribution in [3.63, 3.8) is 0 Å². The van der Waals surface area contributed by atoms with Gasteiger partial charge in [0.25, 0.3) is 0 Å². The molecule has 3 nitrogen and oxygen atoms in total. The summed E-state index contributed by atoms with van der Waals surface area (Å²) in [5.74, 6) is 0.908. The van der Waals surface area contributed by atoms with E-state index in [0.717, 1.165) is 24.4 Å². The first-order chi connectivity index (χ1) is 6.81. The Labute approximate surface area is 84.3 Å². The minimum absolute atomic E-state index is 0.145. The Morgan fingerprint density at radius 1 is 1.57 bits per heavy atom. The molecule has 1 unspecified atom stereocenters. The quantitative estimate of drug-likeness (QED) is 0.752. The predicted molar refractivity (Wildman–Crippen MR) is 57.6 cm³/mol. The summed E-state index contributed by atoms with van der Waals surface area (Å²) in [5, 5.41) is 3.33. The summed E-state index contributed by atoms with van der Waals surface area (Å²) < 4.78 is 5.44. The molecule has 0 radical (unpaired) electrons. The first-order valence-electron chi connectivity index (χ1n) is 5.07. The number of anilines is 1. The molecule has 1 aromatic carbocycles. The van der Waals surface area contributed by atoms with Crippen LogP contribution in [0.15, 0.2) is 18.2 Å². The Bertz CT molecular complexity index is 325. The zero-order chi connectivity index (χ0) is 9.97. The molecule has 1 aliphatic rings. The maximum atomic E-state index is 6.02. The van der Waals surface area contributed by atoms with Crippen molar-refractivity contribution < 1.29 is 4.74 Å². The molecule has 3 N–H and O–H groups in total. The molecule has 2 rings (SSSR count). The largest absolute Gasteiger partial charge is 0.494 e. The second kappa shape index (κ2) is 3.88. The van der Waals surface area contributed by atoms with Crippen LogP contribution < -0.4 is 15.8 Å². The Morgan fingerprint density at radius 3 is 3.21 bits per heavy atom. The molecule has 0 aromatic heterocycles. The SMILES string of the molecule is CCOc1ccc2c(c1)C(N)CCN2. The van der Waals surface area contributed by atoms with Crippen LogP contribution in [0.5, 0.6) is 5.75 Å². The van der Waals surface area contributed by atoms with E-state index >= 15 is 0 Å². The topological polar surface area (TPSA) is 47.3 Å². The molecule has 0 saturated carbocycles. The minimum atomic E-state index is 0.145. The van der Waals surface area contributed by atoms with Gasteiger partial charge in [0.1, 0.15) is 5.75 Å². The maximum Gasteiger partial charge on any atom is 0.119 e. The van der Waals surface area contributed by atoms with E-state index in [1.54, 1.807) is 0 Å². The van der Waals surface area contributed by atoms with Gasteiger partial charge in [-0.05, 0) is 37.1 Å². The number of rotatable bonds is 2. The fourth-order valence-corrected chi connectivity index (χ4v) is 1.78. The number of nitrogens with one attached hydrogen (secondary N) is 1. The standard InChI is InChI=1S/C11H16N2O/c1-2-14-8-3-4-11-9(7-8)10(12)5-6-13-11/h3-4,7,10,13H,2,5-6,12H2,1H3. The van der Waals surface area contributed by atoms with Crippen LogP contribution in [-0.4, -0.2) is 13.2 Å². The second-order valence-electron chi connectivity index (χ2n) is 3.50. The van der Waals surface area contributed by atoms with Crippen molar-refractivity contribution in [2.45, 2.75) is 19.4 Å². The van der Waals surface area contributed by atoms with Crippen molar-refractivity contribution in [3.05, 3.63) is 23.8 Å². The number of hydrogen-bond acceptors (Lipinski definition) is 3. The van der Waals surface area contributed by atoms with Crippen molar-refractivity contribution in [2.24, 2.45) is 5.73 Å². The predicted octanol–water partition coefficient (Wildman–Crippen LogP) is 1.90. The van der Waals surface area contributed by atoms with E-state index in [4.69, 9.17) is 10.5 Å². The number of ether oxygens (including phenoxy) is 1. The molecular weight excluding hydrogens is 176 g/mol. The molecule has 76 valence electrons. The van der Waals surface area contributed by atoms with Gasteiger partial charge in [-0.15, -0.1) is 0 Å². The number of fused-ring (bicyclic) bond motifs is 1. The number of nitrogens with two attached hydrogens (primary N) is 1. The third-order valence-corrected chi connectivity index (χ3v) is 2.50. The molecule has 3 heteroatoms. The van der Waals surface area contributed by atoms with E-state index in [-0.39, 0.29) is 6.04 Å². The molecule has 0 amide bonds. The monoisotopic (exact) mass is 192 g/mol. The normalized spacial score (nSPS) is 19.7. The summed E-state index contributed by atoms with van der Waals surface area (Å²) in [7, 11) is 0. The van der Waals surface area contributed by atoms with Gasteiger partial charge >= 0.3 is 0 Å². The lowest BCUT2D eigenvalue weighted by Gasteiger charge is -2.24. The molecule has 1 aliphatic heterocycles. The maximum absolute atomic E-state index is 6.02. The van der Waals surface area contributed by atoms with E-state index in [1.807, 2.05) is 25.1 Å². The van der Waals surface area contributed by atoms with Crippen LogP contribution >= 0.6 is 0 Å². The highest BCUT2D eigenvalue weighted by molar-refractivity contribution is 5.57. The third kappa shape index (κ3) is 1.68. The average Bonchev–Trinajstić information content (AvgIpc) is 2.20. The lowest BCUT2D eigenvalue weighted by Crippen LogP contribution is -2.22. The van der Waals surface area contributed by atoms with Crippen molar-refractivity contribution in [1.29, 1.82) is 0 Å². The van der Waals surface area contributed by atoms with Crippen LogP contribution in [0.25, 0.3) is 0 Å². The highest BCUT2D eigenvalue weighted by atomic mass is 16.5.